The predicted octanol–water partition coefficient (Wildman–Crippen LogP) is 5.91. The van der Waals surface area contributed by atoms with Crippen molar-refractivity contribution in [1.29, 1.82) is 0 Å². The first-order chi connectivity index (χ1) is 14.7. The second kappa shape index (κ2) is 7.23. The van der Waals surface area contributed by atoms with E-state index in [-0.39, 0.29) is 11.4 Å². The van der Waals surface area contributed by atoms with Crippen LogP contribution in [0.15, 0.2) is 89.9 Å². The maximum absolute atomic E-state index is 13.9. The van der Waals surface area contributed by atoms with E-state index in [0.717, 1.165) is 33.1 Å². The third-order valence-corrected chi connectivity index (χ3v) is 5.45. The van der Waals surface area contributed by atoms with Crippen LogP contribution < -0.4 is 5.56 Å². The summed E-state index contributed by atoms with van der Waals surface area (Å²) in [6.45, 7) is 1.99. The molecule has 0 N–H and O–H groups in total. The van der Waals surface area contributed by atoms with E-state index in [1.807, 2.05) is 55.5 Å². The zero-order chi connectivity index (χ0) is 20.7. The Morgan fingerprint density at radius 2 is 1.70 bits per heavy atom. The molecule has 0 aliphatic rings. The molecule has 0 unspecified atom stereocenters. The molecule has 0 fully saturated rings. The Kier molecular flexibility index (Phi) is 4.40. The van der Waals surface area contributed by atoms with Crippen molar-refractivity contribution in [2.45, 2.75) is 13.3 Å². The number of aryl methyl sites for hydroxylation is 1. The van der Waals surface area contributed by atoms with Crippen molar-refractivity contribution in [3.63, 3.8) is 0 Å². The van der Waals surface area contributed by atoms with Crippen molar-refractivity contribution in [1.82, 2.24) is 9.55 Å². The summed E-state index contributed by atoms with van der Waals surface area (Å²) in [6.07, 6.45) is 2.46. The van der Waals surface area contributed by atoms with Gasteiger partial charge in [0, 0.05) is 22.8 Å². The number of benzene rings is 3. The summed E-state index contributed by atoms with van der Waals surface area (Å²) in [6, 6.07) is 24.0. The Balaban J connectivity index is 1.84. The lowest BCUT2D eigenvalue weighted by molar-refractivity contribution is 0.626. The van der Waals surface area contributed by atoms with Crippen LogP contribution in [0.5, 0.6) is 0 Å². The fourth-order valence-corrected chi connectivity index (χ4v) is 4.03. The number of halogens is 1. The molecular weight excluding hydrogens is 375 g/mol. The first-order valence-electron chi connectivity index (χ1n) is 9.94. The molecule has 30 heavy (non-hydrogen) atoms. The molecule has 0 amide bonds. The molecule has 2 aromatic heterocycles. The molecule has 0 aliphatic heterocycles. The lowest BCUT2D eigenvalue weighted by Gasteiger charge is -2.15. The van der Waals surface area contributed by atoms with Gasteiger partial charge in [0.25, 0.3) is 5.56 Å². The van der Waals surface area contributed by atoms with Gasteiger partial charge >= 0.3 is 0 Å². The normalized spacial score (nSPS) is 11.3. The van der Waals surface area contributed by atoms with Gasteiger partial charge in [-0.2, -0.15) is 0 Å². The van der Waals surface area contributed by atoms with E-state index >= 15 is 0 Å². The molecule has 0 spiro atoms. The molecule has 3 nitrogen and oxygen atoms in total. The summed E-state index contributed by atoms with van der Waals surface area (Å²) in [5.74, 6) is -0.367. The summed E-state index contributed by atoms with van der Waals surface area (Å²) in [7, 11) is 0. The van der Waals surface area contributed by atoms with Gasteiger partial charge in [0.15, 0.2) is 0 Å². The van der Waals surface area contributed by atoms with Gasteiger partial charge in [0.2, 0.25) is 0 Å². The zero-order valence-corrected chi connectivity index (χ0v) is 16.5. The van der Waals surface area contributed by atoms with Gasteiger partial charge in [-0.1, -0.05) is 49.4 Å². The second-order valence-electron chi connectivity index (χ2n) is 7.30. The minimum absolute atomic E-state index is 0.154. The first-order valence-corrected chi connectivity index (χ1v) is 9.94. The minimum Gasteiger partial charge on any atom is -0.281 e. The first kappa shape index (κ1) is 18.3. The van der Waals surface area contributed by atoms with Gasteiger partial charge in [0.05, 0.1) is 16.6 Å². The Morgan fingerprint density at radius 3 is 2.53 bits per heavy atom. The maximum atomic E-state index is 13.9. The number of fused-ring (bicyclic) bond motifs is 2. The van der Waals surface area contributed by atoms with Crippen molar-refractivity contribution >= 4 is 21.7 Å². The van der Waals surface area contributed by atoms with Crippen LogP contribution in [0, 0.1) is 5.82 Å². The number of nitrogens with zero attached hydrogens (tertiary/aromatic N) is 2. The molecular formula is C26H19FN2O. The highest BCUT2D eigenvalue weighted by molar-refractivity contribution is 5.98. The van der Waals surface area contributed by atoms with Crippen LogP contribution >= 0.6 is 0 Å². The van der Waals surface area contributed by atoms with Crippen molar-refractivity contribution in [3.8, 4) is 16.8 Å². The molecule has 4 heteroatoms. The lowest BCUT2D eigenvalue weighted by atomic mass is 9.98. The summed E-state index contributed by atoms with van der Waals surface area (Å²) >= 11 is 0. The largest absolute Gasteiger partial charge is 0.281 e. The van der Waals surface area contributed by atoms with E-state index in [4.69, 9.17) is 0 Å². The van der Waals surface area contributed by atoms with Crippen molar-refractivity contribution in [2.75, 3.05) is 0 Å². The van der Waals surface area contributed by atoms with Crippen molar-refractivity contribution in [3.05, 3.63) is 107 Å². The standard InChI is InChI=1S/C26H19FN2O/c1-2-21-14-18-8-5-11-23(19-13-17-7-3-4-12-24(17)28-16-19)25(18)26(30)29(21)22-10-6-9-20(27)15-22/h3-16H,2H2,1H3. The molecule has 146 valence electrons. The molecule has 0 radical (unpaired) electrons. The Labute approximate surface area is 173 Å². The monoisotopic (exact) mass is 394 g/mol. The number of aromatic nitrogens is 2. The number of para-hydroxylation sites is 1. The van der Waals surface area contributed by atoms with Crippen LogP contribution in [0.25, 0.3) is 38.5 Å². The number of pyridine rings is 2. The summed E-state index contributed by atoms with van der Waals surface area (Å²) in [5.41, 5.74) is 3.83. The highest BCUT2D eigenvalue weighted by atomic mass is 19.1. The third kappa shape index (κ3) is 2.98. The van der Waals surface area contributed by atoms with Gasteiger partial charge in [-0.15, -0.1) is 0 Å². The zero-order valence-electron chi connectivity index (χ0n) is 16.5. The van der Waals surface area contributed by atoms with Crippen molar-refractivity contribution in [2.24, 2.45) is 0 Å². The Hall–Kier alpha value is -3.79. The predicted molar refractivity (Wildman–Crippen MR) is 120 cm³/mol. The van der Waals surface area contributed by atoms with Crippen LogP contribution in [0.2, 0.25) is 0 Å². The van der Waals surface area contributed by atoms with Crippen LogP contribution in [0.4, 0.5) is 4.39 Å². The van der Waals surface area contributed by atoms with E-state index in [1.165, 1.54) is 12.1 Å². The summed E-state index contributed by atoms with van der Waals surface area (Å²) < 4.78 is 15.5. The van der Waals surface area contributed by atoms with E-state index in [0.29, 0.717) is 17.5 Å². The van der Waals surface area contributed by atoms with E-state index in [1.54, 1.807) is 22.9 Å². The maximum Gasteiger partial charge on any atom is 0.263 e. The van der Waals surface area contributed by atoms with Crippen molar-refractivity contribution < 1.29 is 4.39 Å². The highest BCUT2D eigenvalue weighted by Crippen LogP contribution is 2.29. The molecule has 0 bridgehead atoms. The molecule has 0 saturated heterocycles. The molecule has 0 aliphatic carbocycles. The van der Waals surface area contributed by atoms with Gasteiger partial charge < -0.3 is 0 Å². The molecule has 0 atom stereocenters. The molecule has 2 heterocycles. The fraction of sp³-hybridized carbons (Fsp3) is 0.0769. The van der Waals surface area contributed by atoms with Gasteiger partial charge in [-0.25, -0.2) is 4.39 Å². The Bertz CT molecular complexity index is 1470. The number of rotatable bonds is 3. The smallest absolute Gasteiger partial charge is 0.263 e. The average Bonchev–Trinajstić information content (AvgIpc) is 2.78. The molecule has 5 rings (SSSR count). The third-order valence-electron chi connectivity index (χ3n) is 5.45. The lowest BCUT2D eigenvalue weighted by Crippen LogP contribution is -2.22. The molecule has 5 aromatic rings. The average molecular weight is 394 g/mol. The van der Waals surface area contributed by atoms with E-state index in [9.17, 15) is 9.18 Å². The van der Waals surface area contributed by atoms with Gasteiger partial charge in [0.1, 0.15) is 5.82 Å². The summed E-state index contributed by atoms with van der Waals surface area (Å²) in [5, 5.41) is 2.49. The summed E-state index contributed by atoms with van der Waals surface area (Å²) in [4.78, 5) is 18.3. The van der Waals surface area contributed by atoms with E-state index in [2.05, 4.69) is 11.1 Å². The number of hydrogen-bond acceptors (Lipinski definition) is 2. The fourth-order valence-electron chi connectivity index (χ4n) is 4.03. The SMILES string of the molecule is CCc1cc2cccc(-c3cnc4ccccc4c3)c2c(=O)n1-c1cccc(F)c1. The van der Waals surface area contributed by atoms with Crippen LogP contribution in [0.1, 0.15) is 12.6 Å². The van der Waals surface area contributed by atoms with E-state index < -0.39 is 0 Å². The quantitative estimate of drug-likeness (QED) is 0.381. The molecule has 3 aromatic carbocycles. The van der Waals surface area contributed by atoms with Crippen LogP contribution in [0.3, 0.4) is 0 Å². The van der Waals surface area contributed by atoms with Gasteiger partial charge in [-0.3, -0.25) is 14.3 Å². The minimum atomic E-state index is -0.367. The second-order valence-corrected chi connectivity index (χ2v) is 7.30. The Morgan fingerprint density at radius 1 is 0.900 bits per heavy atom. The van der Waals surface area contributed by atoms with Gasteiger partial charge in [-0.05, 0) is 53.8 Å². The highest BCUT2D eigenvalue weighted by Gasteiger charge is 2.15. The number of hydrogen-bond donors (Lipinski definition) is 0. The topological polar surface area (TPSA) is 34.9 Å². The van der Waals surface area contributed by atoms with Crippen LogP contribution in [-0.4, -0.2) is 9.55 Å². The van der Waals surface area contributed by atoms with Crippen LogP contribution in [-0.2, 0) is 6.42 Å². The molecule has 0 saturated carbocycles.